The van der Waals surface area contributed by atoms with Gasteiger partial charge in [-0.05, 0) is 177 Å². The van der Waals surface area contributed by atoms with Crippen molar-refractivity contribution in [3.8, 4) is 12.5 Å². The van der Waals surface area contributed by atoms with Gasteiger partial charge in [-0.2, -0.15) is 5.48 Å². The van der Waals surface area contributed by atoms with E-state index in [1.54, 1.807) is 0 Å². The number of ether oxygens (including phenoxy) is 5. The number of amides is 1. The largest absolute Gasteiger partial charge is 0.481 e. The van der Waals surface area contributed by atoms with Crippen molar-refractivity contribution in [1.82, 2.24) is 10.8 Å². The molecule has 0 aromatic carbocycles. The fraction of sp³-hybridized carbons (Fsp3) is 0.906. The number of rotatable bonds is 20. The maximum absolute atomic E-state index is 13.2. The molecule has 374 valence electrons. The molecule has 0 aromatic heterocycles. The second kappa shape index (κ2) is 25.4. The zero-order chi connectivity index (χ0) is 46.5. The van der Waals surface area contributed by atoms with E-state index in [-0.39, 0.29) is 48.6 Å². The van der Waals surface area contributed by atoms with Crippen molar-refractivity contribution in [3.05, 3.63) is 0 Å². The van der Waals surface area contributed by atoms with Gasteiger partial charge in [-0.3, -0.25) is 14.4 Å². The summed E-state index contributed by atoms with van der Waals surface area (Å²) >= 11 is 0. The Morgan fingerprint density at radius 3 is 1.58 bits per heavy atom. The van der Waals surface area contributed by atoms with Gasteiger partial charge in [-0.25, -0.2) is 0 Å². The molecular weight excluding hydrogens is 841 g/mol. The van der Waals surface area contributed by atoms with Gasteiger partial charge < -0.3 is 44.1 Å². The minimum atomic E-state index is -0.961. The van der Waals surface area contributed by atoms with E-state index >= 15 is 0 Å². The molecule has 0 aromatic rings. The van der Waals surface area contributed by atoms with Gasteiger partial charge in [0.15, 0.2) is 0 Å². The highest BCUT2D eigenvalue weighted by Gasteiger charge is 2.43. The first kappa shape index (κ1) is 51.4. The number of carboxylic acid groups (broad SMARTS) is 2. The van der Waals surface area contributed by atoms with Crippen molar-refractivity contribution in [2.24, 2.45) is 40.9 Å². The number of aliphatic carboxylic acids is 2. The van der Waals surface area contributed by atoms with Crippen LogP contribution in [-0.4, -0.2) is 103 Å². The molecule has 7 aliphatic carbocycles. The molecule has 7 fully saturated rings. The average molecular weight is 927 g/mol. The molecule has 66 heavy (non-hydrogen) atoms. The number of nitrogens with one attached hydrogen (secondary N) is 2. The van der Waals surface area contributed by atoms with Crippen molar-refractivity contribution in [2.75, 3.05) is 19.8 Å². The van der Waals surface area contributed by atoms with Crippen LogP contribution in [0.4, 0.5) is 0 Å². The summed E-state index contributed by atoms with van der Waals surface area (Å²) in [7, 11) is 0. The van der Waals surface area contributed by atoms with Crippen LogP contribution in [0.15, 0.2) is 0 Å². The smallest absolute Gasteiger partial charge is 0.307 e. The summed E-state index contributed by atoms with van der Waals surface area (Å²) in [5, 5.41) is 23.0. The van der Waals surface area contributed by atoms with E-state index in [2.05, 4.69) is 30.8 Å². The predicted octanol–water partition coefficient (Wildman–Crippen LogP) is 9.14. The summed E-state index contributed by atoms with van der Waals surface area (Å²) in [6.45, 7) is 6.58. The molecule has 6 unspecified atom stereocenters. The predicted molar refractivity (Wildman–Crippen MR) is 250 cm³/mol. The highest BCUT2D eigenvalue weighted by Crippen LogP contribution is 2.49. The molecule has 7 aliphatic rings. The van der Waals surface area contributed by atoms with Crippen molar-refractivity contribution in [3.63, 3.8) is 0 Å². The number of carboxylic acids is 2. The monoisotopic (exact) mass is 927 g/mol. The van der Waals surface area contributed by atoms with E-state index < -0.39 is 29.7 Å². The van der Waals surface area contributed by atoms with Gasteiger partial charge in [0.1, 0.15) is 12.2 Å². The normalized spacial score (nSPS) is 37.3. The van der Waals surface area contributed by atoms with Crippen LogP contribution in [0.5, 0.6) is 0 Å². The van der Waals surface area contributed by atoms with E-state index in [1.807, 2.05) is 0 Å². The van der Waals surface area contributed by atoms with Crippen LogP contribution in [0.25, 0.3) is 0 Å². The third-order valence-electron chi connectivity index (χ3n) is 17.8. The molecular formula is C53H86N2O11. The van der Waals surface area contributed by atoms with Crippen LogP contribution in [0.3, 0.4) is 0 Å². The summed E-state index contributed by atoms with van der Waals surface area (Å²) in [5.41, 5.74) is 3.60. The minimum Gasteiger partial charge on any atom is -0.481 e. The summed E-state index contributed by atoms with van der Waals surface area (Å²) < 4.78 is 30.8. The van der Waals surface area contributed by atoms with Crippen molar-refractivity contribution in [1.29, 1.82) is 0 Å². The highest BCUT2D eigenvalue weighted by atomic mass is 16.6. The second-order valence-electron chi connectivity index (χ2n) is 22.3. The van der Waals surface area contributed by atoms with E-state index in [4.69, 9.17) is 34.9 Å². The summed E-state index contributed by atoms with van der Waals surface area (Å²) in [6, 6.07) is 0.338. The Morgan fingerprint density at radius 2 is 1.03 bits per heavy atom. The van der Waals surface area contributed by atoms with Gasteiger partial charge >= 0.3 is 11.9 Å². The molecule has 13 nitrogen and oxygen atoms in total. The van der Waals surface area contributed by atoms with E-state index in [1.165, 1.54) is 44.9 Å². The van der Waals surface area contributed by atoms with Gasteiger partial charge in [0, 0.05) is 12.1 Å². The molecule has 0 spiro atoms. The molecule has 0 saturated heterocycles. The molecule has 6 atom stereocenters. The van der Waals surface area contributed by atoms with Crippen LogP contribution < -0.4 is 10.8 Å². The lowest BCUT2D eigenvalue weighted by Gasteiger charge is -2.47. The van der Waals surface area contributed by atoms with E-state index in [0.717, 1.165) is 103 Å². The lowest BCUT2D eigenvalue weighted by atomic mass is 9.60. The standard InChI is InChI=1S/C53H86N2O11/c1-4-61-45-28-29-47(49(33-45)52(59)60)50(56)54-38-15-24-43(25-16-38)65-41-20-11-36(12-21-41)53(2,3)37-13-22-42(23-14-37)66-44-26-17-39(18-27-44)55-64-34-35-10-19-46(32-48(35)51(57)58)63-31-30-62-40-8-6-5-7-9-40/h1,35-49,55H,5-34H2,2-3H3,(H,54,56)(H,57,58)(H,59,60). The number of carbonyl (C=O) groups is 3. The van der Waals surface area contributed by atoms with Crippen LogP contribution >= 0.6 is 0 Å². The number of terminal acetylenes is 1. The first-order valence-electron chi connectivity index (χ1n) is 26.7. The van der Waals surface area contributed by atoms with Crippen LogP contribution in [0.1, 0.15) is 187 Å². The third-order valence-corrected chi connectivity index (χ3v) is 17.8. The fourth-order valence-corrected chi connectivity index (χ4v) is 13.4. The number of hydroxylamine groups is 1. The van der Waals surface area contributed by atoms with Gasteiger partial charge in [0.25, 0.3) is 0 Å². The van der Waals surface area contributed by atoms with Crippen LogP contribution in [-0.2, 0) is 42.9 Å². The Hall–Kier alpha value is -2.47. The van der Waals surface area contributed by atoms with E-state index in [0.29, 0.717) is 80.7 Å². The highest BCUT2D eigenvalue weighted by molar-refractivity contribution is 5.85. The van der Waals surface area contributed by atoms with Gasteiger partial charge in [0.05, 0.1) is 74.2 Å². The lowest BCUT2D eigenvalue weighted by molar-refractivity contribution is -0.151. The zero-order valence-corrected chi connectivity index (χ0v) is 40.5. The van der Waals surface area contributed by atoms with E-state index in [9.17, 15) is 24.6 Å². The van der Waals surface area contributed by atoms with Gasteiger partial charge in [0.2, 0.25) is 5.91 Å². The molecule has 7 saturated carbocycles. The minimum absolute atomic E-state index is 0.0132. The molecule has 4 N–H and O–H groups in total. The maximum Gasteiger partial charge on any atom is 0.307 e. The number of hydrogen-bond acceptors (Lipinski definition) is 10. The van der Waals surface area contributed by atoms with Crippen LogP contribution in [0, 0.1) is 53.5 Å². The molecule has 7 rings (SSSR count). The Morgan fingerprint density at radius 1 is 0.545 bits per heavy atom. The summed E-state index contributed by atoms with van der Waals surface area (Å²) in [6.07, 6.45) is 35.3. The number of hydrogen-bond donors (Lipinski definition) is 4. The molecule has 0 aliphatic heterocycles. The molecule has 0 bridgehead atoms. The Kier molecular flexibility index (Phi) is 19.8. The Labute approximate surface area is 395 Å². The van der Waals surface area contributed by atoms with Gasteiger partial charge in [-0.1, -0.05) is 39.5 Å². The zero-order valence-electron chi connectivity index (χ0n) is 40.5. The van der Waals surface area contributed by atoms with Crippen LogP contribution in [0.2, 0.25) is 0 Å². The average Bonchev–Trinajstić information content (AvgIpc) is 3.32. The molecule has 0 radical (unpaired) electrons. The fourth-order valence-electron chi connectivity index (χ4n) is 13.4. The maximum atomic E-state index is 13.2. The number of carbonyl (C=O) groups excluding carboxylic acids is 1. The second-order valence-corrected chi connectivity index (χ2v) is 22.3. The van der Waals surface area contributed by atoms with Gasteiger partial charge in [-0.15, -0.1) is 0 Å². The first-order valence-corrected chi connectivity index (χ1v) is 26.7. The van der Waals surface area contributed by atoms with Crippen molar-refractivity contribution >= 4 is 17.8 Å². The quantitative estimate of drug-likeness (QED) is 0.0520. The topological polar surface area (TPSA) is 171 Å². The molecule has 1 amide bonds. The van der Waals surface area contributed by atoms with Crippen molar-refractivity contribution in [2.45, 2.75) is 242 Å². The lowest BCUT2D eigenvalue weighted by Crippen LogP contribution is -2.47. The summed E-state index contributed by atoms with van der Waals surface area (Å²) in [4.78, 5) is 43.4. The molecule has 0 heterocycles. The molecule has 13 heteroatoms. The SMILES string of the molecule is C#COC1CCC(C(=O)NC2CCC(OC3CCC(C(C)(C)C4CCC(OC5CCC(NOCC6CCC(OCCOC7CCCCC7)CC6C(=O)O)CC5)CC4)CC3)CC2)C(C(=O)O)C1. The first-order chi connectivity index (χ1) is 31.9. The summed E-state index contributed by atoms with van der Waals surface area (Å²) in [5.74, 6) is -2.22. The Balaban J connectivity index is 0.719. The Bertz CT molecular complexity index is 1530. The van der Waals surface area contributed by atoms with Crippen molar-refractivity contribution < 1.29 is 53.1 Å². The third kappa shape index (κ3) is 14.8.